The zero-order chi connectivity index (χ0) is 16.8. The second-order valence-corrected chi connectivity index (χ2v) is 8.21. The minimum Gasteiger partial charge on any atom is -0.360 e. The number of carbonyl (C=O) groups excluding carboxylic acids is 1. The first kappa shape index (κ1) is 17.7. The summed E-state index contributed by atoms with van der Waals surface area (Å²) in [5, 5.41) is 12.1. The number of carbonyl (C=O) groups is 1. The van der Waals surface area contributed by atoms with E-state index in [0.29, 0.717) is 5.92 Å². The van der Waals surface area contributed by atoms with Crippen LogP contribution >= 0.6 is 23.1 Å². The van der Waals surface area contributed by atoms with Gasteiger partial charge in [-0.2, -0.15) is 0 Å². The van der Waals surface area contributed by atoms with Gasteiger partial charge in [-0.05, 0) is 25.0 Å². The van der Waals surface area contributed by atoms with Gasteiger partial charge in [0.25, 0.3) is 0 Å². The fourth-order valence-corrected chi connectivity index (χ4v) is 3.87. The number of para-hydroxylation sites is 1. The average molecular weight is 351 g/mol. The summed E-state index contributed by atoms with van der Waals surface area (Å²) in [5.41, 5.74) is 0.890. The van der Waals surface area contributed by atoms with E-state index in [1.165, 1.54) is 23.1 Å². The second-order valence-electron chi connectivity index (χ2n) is 5.64. The molecule has 1 atom stereocenters. The van der Waals surface area contributed by atoms with Crippen LogP contribution in [0, 0.1) is 5.92 Å². The minimum atomic E-state index is -0.217. The fraction of sp³-hybridized carbons (Fsp3) is 0.438. The van der Waals surface area contributed by atoms with Crippen molar-refractivity contribution in [2.45, 2.75) is 30.4 Å². The van der Waals surface area contributed by atoms with Crippen LogP contribution in [0.4, 0.5) is 10.8 Å². The Morgan fingerprint density at radius 3 is 2.61 bits per heavy atom. The lowest BCUT2D eigenvalue weighted by Gasteiger charge is -2.20. The topological polar surface area (TPSA) is 58.1 Å². The van der Waals surface area contributed by atoms with Crippen LogP contribution in [0.2, 0.25) is 0 Å². The van der Waals surface area contributed by atoms with Gasteiger partial charge in [0, 0.05) is 19.3 Å². The van der Waals surface area contributed by atoms with E-state index in [-0.39, 0.29) is 11.2 Å². The Labute approximate surface area is 145 Å². The quantitative estimate of drug-likeness (QED) is 0.771. The molecular weight excluding hydrogens is 328 g/mol. The highest BCUT2D eigenvalue weighted by molar-refractivity contribution is 8.02. The van der Waals surface area contributed by atoms with E-state index in [9.17, 15) is 4.79 Å². The normalized spacial score (nSPS) is 12.2. The summed E-state index contributed by atoms with van der Waals surface area (Å²) in [6.45, 7) is 7.05. The maximum atomic E-state index is 12.5. The molecule has 0 fully saturated rings. The molecule has 23 heavy (non-hydrogen) atoms. The molecule has 1 aromatic carbocycles. The van der Waals surface area contributed by atoms with Gasteiger partial charge in [0.05, 0.1) is 5.25 Å². The lowest BCUT2D eigenvalue weighted by Crippen LogP contribution is -2.33. The Kier molecular flexibility index (Phi) is 6.41. The molecule has 0 bridgehead atoms. The molecule has 124 valence electrons. The molecule has 0 saturated carbocycles. The number of thioether (sulfide) groups is 1. The van der Waals surface area contributed by atoms with E-state index in [1.807, 2.05) is 37.3 Å². The van der Waals surface area contributed by atoms with Crippen molar-refractivity contribution in [1.82, 2.24) is 10.2 Å². The van der Waals surface area contributed by atoms with E-state index >= 15 is 0 Å². The molecular formula is C16H22N4OS2. The van der Waals surface area contributed by atoms with E-state index in [4.69, 9.17) is 0 Å². The molecule has 1 heterocycles. The van der Waals surface area contributed by atoms with Crippen molar-refractivity contribution in [3.8, 4) is 0 Å². The number of nitrogens with zero attached hydrogens (tertiary/aromatic N) is 3. The van der Waals surface area contributed by atoms with Gasteiger partial charge in [-0.1, -0.05) is 55.1 Å². The number of anilines is 2. The number of nitrogens with one attached hydrogen (secondary N) is 1. The first-order valence-corrected chi connectivity index (χ1v) is 9.23. The first-order chi connectivity index (χ1) is 11.0. The summed E-state index contributed by atoms with van der Waals surface area (Å²) in [5.74, 6) is 0.600. The van der Waals surface area contributed by atoms with Gasteiger partial charge in [-0.25, -0.2) is 0 Å². The Bertz CT molecular complexity index is 630. The second kappa shape index (κ2) is 8.31. The van der Waals surface area contributed by atoms with Crippen LogP contribution in [0.3, 0.4) is 0 Å². The van der Waals surface area contributed by atoms with Crippen LogP contribution in [0.25, 0.3) is 0 Å². The molecule has 1 aromatic heterocycles. The Morgan fingerprint density at radius 2 is 1.96 bits per heavy atom. The molecule has 0 radical (unpaired) electrons. The van der Waals surface area contributed by atoms with Crippen LogP contribution in [-0.4, -0.2) is 34.9 Å². The van der Waals surface area contributed by atoms with Gasteiger partial charge in [0.15, 0.2) is 4.34 Å². The molecule has 1 amide bonds. The van der Waals surface area contributed by atoms with Gasteiger partial charge in [0.1, 0.15) is 0 Å². The van der Waals surface area contributed by atoms with Gasteiger partial charge in [0.2, 0.25) is 11.0 Å². The molecule has 2 aromatic rings. The lowest BCUT2D eigenvalue weighted by atomic mass is 10.2. The zero-order valence-corrected chi connectivity index (χ0v) is 15.4. The maximum absolute atomic E-state index is 12.5. The van der Waals surface area contributed by atoms with Crippen LogP contribution in [0.1, 0.15) is 20.8 Å². The van der Waals surface area contributed by atoms with Crippen molar-refractivity contribution >= 4 is 39.8 Å². The largest absolute Gasteiger partial charge is 0.360 e. The van der Waals surface area contributed by atoms with Crippen molar-refractivity contribution in [2.75, 3.05) is 23.8 Å². The summed E-state index contributed by atoms with van der Waals surface area (Å²) >= 11 is 2.93. The third-order valence-corrected chi connectivity index (χ3v) is 5.22. The fourth-order valence-electron chi connectivity index (χ4n) is 1.87. The van der Waals surface area contributed by atoms with E-state index in [0.717, 1.165) is 21.7 Å². The van der Waals surface area contributed by atoms with Gasteiger partial charge in [-0.3, -0.25) is 4.79 Å². The van der Waals surface area contributed by atoms with Crippen LogP contribution in [-0.2, 0) is 4.79 Å². The zero-order valence-electron chi connectivity index (χ0n) is 13.8. The number of aromatic nitrogens is 2. The maximum Gasteiger partial charge on any atom is 0.240 e. The number of benzene rings is 1. The van der Waals surface area contributed by atoms with E-state index in [1.54, 1.807) is 11.9 Å². The molecule has 0 aliphatic rings. The van der Waals surface area contributed by atoms with Crippen LogP contribution < -0.4 is 10.2 Å². The van der Waals surface area contributed by atoms with E-state index < -0.39 is 0 Å². The molecule has 0 aliphatic carbocycles. The van der Waals surface area contributed by atoms with Gasteiger partial charge in [-0.15, -0.1) is 10.2 Å². The SMILES string of the molecule is CC(C)CNc1nnc(SC(C)C(=O)N(C)c2ccccc2)s1. The summed E-state index contributed by atoms with van der Waals surface area (Å²) in [4.78, 5) is 14.2. The number of rotatable bonds is 7. The standard InChI is InChI=1S/C16H22N4OS2/c1-11(2)10-17-15-18-19-16(23-15)22-12(3)14(21)20(4)13-8-6-5-7-9-13/h5-9,11-12H,10H2,1-4H3,(H,17,18). The van der Waals surface area contributed by atoms with Crippen LogP contribution in [0.15, 0.2) is 34.7 Å². The predicted octanol–water partition coefficient (Wildman–Crippen LogP) is 3.75. The van der Waals surface area contributed by atoms with E-state index in [2.05, 4.69) is 29.4 Å². The van der Waals surface area contributed by atoms with Crippen LogP contribution in [0.5, 0.6) is 0 Å². The number of hydrogen-bond acceptors (Lipinski definition) is 6. The lowest BCUT2D eigenvalue weighted by molar-refractivity contribution is -0.117. The molecule has 5 nitrogen and oxygen atoms in total. The molecule has 7 heteroatoms. The summed E-state index contributed by atoms with van der Waals surface area (Å²) in [6, 6.07) is 9.64. The highest BCUT2D eigenvalue weighted by Gasteiger charge is 2.21. The smallest absolute Gasteiger partial charge is 0.240 e. The predicted molar refractivity (Wildman–Crippen MR) is 98.4 cm³/mol. The number of amides is 1. The molecule has 0 aliphatic heterocycles. The van der Waals surface area contributed by atoms with Crippen molar-refractivity contribution in [3.05, 3.63) is 30.3 Å². The van der Waals surface area contributed by atoms with Gasteiger partial charge >= 0.3 is 0 Å². The van der Waals surface area contributed by atoms with Crippen molar-refractivity contribution < 1.29 is 4.79 Å². The van der Waals surface area contributed by atoms with Crippen molar-refractivity contribution in [1.29, 1.82) is 0 Å². The third kappa shape index (κ3) is 5.21. The Morgan fingerprint density at radius 1 is 1.26 bits per heavy atom. The summed E-state index contributed by atoms with van der Waals surface area (Å²) in [7, 11) is 1.80. The molecule has 2 rings (SSSR count). The Balaban J connectivity index is 1.93. The van der Waals surface area contributed by atoms with Crippen molar-refractivity contribution in [2.24, 2.45) is 5.92 Å². The Hall–Kier alpha value is -1.60. The summed E-state index contributed by atoms with van der Waals surface area (Å²) < 4.78 is 0.804. The highest BCUT2D eigenvalue weighted by Crippen LogP contribution is 2.30. The first-order valence-electron chi connectivity index (χ1n) is 7.54. The van der Waals surface area contributed by atoms with Crippen molar-refractivity contribution in [3.63, 3.8) is 0 Å². The molecule has 1 N–H and O–H groups in total. The number of hydrogen-bond donors (Lipinski definition) is 1. The average Bonchev–Trinajstić information content (AvgIpc) is 2.99. The van der Waals surface area contributed by atoms with Gasteiger partial charge < -0.3 is 10.2 Å². The third-order valence-electron chi connectivity index (χ3n) is 3.17. The minimum absolute atomic E-state index is 0.0492. The summed E-state index contributed by atoms with van der Waals surface area (Å²) in [6.07, 6.45) is 0. The molecule has 0 spiro atoms. The molecule has 0 saturated heterocycles. The molecule has 1 unspecified atom stereocenters. The monoisotopic (exact) mass is 350 g/mol. The highest BCUT2D eigenvalue weighted by atomic mass is 32.2.